The number of hydrogen-bond acceptors (Lipinski definition) is 3. The molecule has 0 fully saturated rings. The van der Waals surface area contributed by atoms with Crippen LogP contribution in [0.25, 0.3) is 0 Å². The Kier molecular flexibility index (Phi) is 6.89. The van der Waals surface area contributed by atoms with Crippen molar-refractivity contribution >= 4 is 44.9 Å². The van der Waals surface area contributed by atoms with Crippen molar-refractivity contribution < 1.29 is 17.9 Å². The fraction of sp³-hybridized carbons (Fsp3) is 0.0476. The maximum Gasteiger partial charge on any atom is 0.417 e. The third-order valence-electron chi connectivity index (χ3n) is 3.94. The summed E-state index contributed by atoms with van der Waals surface area (Å²) in [5.41, 5.74) is 16.9. The molecule has 0 unspecified atom stereocenters. The summed E-state index contributed by atoms with van der Waals surface area (Å²) in [5, 5.41) is 2.83. The van der Waals surface area contributed by atoms with Crippen molar-refractivity contribution in [2.45, 2.75) is 6.18 Å². The van der Waals surface area contributed by atoms with Gasteiger partial charge in [-0.2, -0.15) is 13.2 Å². The molecule has 0 saturated heterocycles. The van der Waals surface area contributed by atoms with Gasteiger partial charge in [-0.25, -0.2) is 9.98 Å². The molecular formula is C21H18BrF3N6O. The van der Waals surface area contributed by atoms with E-state index in [9.17, 15) is 13.2 Å². The Labute approximate surface area is 189 Å². The zero-order valence-corrected chi connectivity index (χ0v) is 18.0. The molecule has 7 nitrogen and oxygen atoms in total. The summed E-state index contributed by atoms with van der Waals surface area (Å²) in [6, 6.07) is 17.2. The van der Waals surface area contributed by atoms with E-state index in [0.717, 1.165) is 6.07 Å². The van der Waals surface area contributed by atoms with Gasteiger partial charge in [-0.15, -0.1) is 0 Å². The van der Waals surface area contributed by atoms with Gasteiger partial charge < -0.3 is 27.3 Å². The third-order valence-corrected chi connectivity index (χ3v) is 4.63. The van der Waals surface area contributed by atoms with Crippen LogP contribution in [0.2, 0.25) is 0 Å². The van der Waals surface area contributed by atoms with E-state index >= 15 is 0 Å². The molecule has 0 spiro atoms. The van der Waals surface area contributed by atoms with Gasteiger partial charge in [0.15, 0.2) is 11.9 Å². The molecule has 0 radical (unpaired) electrons. The van der Waals surface area contributed by atoms with Gasteiger partial charge in [-0.05, 0) is 54.6 Å². The van der Waals surface area contributed by atoms with E-state index in [1.807, 2.05) is 0 Å². The molecule has 166 valence electrons. The lowest BCUT2D eigenvalue weighted by Gasteiger charge is -2.11. The van der Waals surface area contributed by atoms with Crippen LogP contribution in [0.1, 0.15) is 5.56 Å². The van der Waals surface area contributed by atoms with E-state index < -0.39 is 11.7 Å². The SMILES string of the molecule is NC(N)=Nc1ccc(Oc2cccc(NC(N)=Nc3ccc(Br)c(C(F)(F)F)c3)c2)cc1. The summed E-state index contributed by atoms with van der Waals surface area (Å²) >= 11 is 2.89. The lowest BCUT2D eigenvalue weighted by Crippen LogP contribution is -2.22. The van der Waals surface area contributed by atoms with Gasteiger partial charge in [-0.3, -0.25) is 0 Å². The lowest BCUT2D eigenvalue weighted by molar-refractivity contribution is -0.138. The van der Waals surface area contributed by atoms with E-state index in [0.29, 0.717) is 22.9 Å². The number of benzene rings is 3. The third kappa shape index (κ3) is 6.38. The minimum absolute atomic E-state index is 0.0468. The van der Waals surface area contributed by atoms with E-state index in [-0.39, 0.29) is 22.1 Å². The highest BCUT2D eigenvalue weighted by molar-refractivity contribution is 9.10. The van der Waals surface area contributed by atoms with Crippen LogP contribution in [-0.4, -0.2) is 11.9 Å². The molecule has 32 heavy (non-hydrogen) atoms. The van der Waals surface area contributed by atoms with Gasteiger partial charge in [0.05, 0.1) is 16.9 Å². The molecule has 0 aliphatic heterocycles. The minimum Gasteiger partial charge on any atom is -0.457 e. The lowest BCUT2D eigenvalue weighted by atomic mass is 10.2. The van der Waals surface area contributed by atoms with Crippen molar-refractivity contribution in [3.63, 3.8) is 0 Å². The number of anilines is 1. The maximum atomic E-state index is 13.1. The molecule has 0 aliphatic rings. The highest BCUT2D eigenvalue weighted by atomic mass is 79.9. The van der Waals surface area contributed by atoms with Gasteiger partial charge >= 0.3 is 6.18 Å². The Bertz CT molecular complexity index is 1160. The number of aliphatic imine (C=N–C) groups is 2. The van der Waals surface area contributed by atoms with Crippen molar-refractivity contribution in [3.8, 4) is 11.5 Å². The number of nitrogens with one attached hydrogen (secondary N) is 1. The highest BCUT2D eigenvalue weighted by Crippen LogP contribution is 2.37. The number of rotatable bonds is 5. The molecular weight excluding hydrogens is 489 g/mol. The average Bonchev–Trinajstić information content (AvgIpc) is 2.70. The fourth-order valence-electron chi connectivity index (χ4n) is 2.63. The molecule has 0 aliphatic carbocycles. The molecule has 0 saturated carbocycles. The molecule has 11 heteroatoms. The predicted molar refractivity (Wildman–Crippen MR) is 122 cm³/mol. The first-order valence-corrected chi connectivity index (χ1v) is 9.85. The van der Waals surface area contributed by atoms with Gasteiger partial charge in [0.2, 0.25) is 0 Å². The molecule has 0 aromatic heterocycles. The number of alkyl halides is 3. The summed E-state index contributed by atoms with van der Waals surface area (Å²) in [6.07, 6.45) is -4.51. The Hall–Kier alpha value is -3.73. The second kappa shape index (κ2) is 9.60. The summed E-state index contributed by atoms with van der Waals surface area (Å²) in [6.45, 7) is 0. The Morgan fingerprint density at radius 3 is 2.19 bits per heavy atom. The van der Waals surface area contributed by atoms with Crippen LogP contribution in [0, 0.1) is 0 Å². The Balaban J connectivity index is 1.72. The highest BCUT2D eigenvalue weighted by Gasteiger charge is 2.33. The summed E-state index contributed by atoms with van der Waals surface area (Å²) < 4.78 is 44.9. The number of hydrogen-bond donors (Lipinski definition) is 4. The largest absolute Gasteiger partial charge is 0.457 e. The molecule has 0 bridgehead atoms. The van der Waals surface area contributed by atoms with E-state index in [1.54, 1.807) is 48.5 Å². The Morgan fingerprint density at radius 1 is 0.844 bits per heavy atom. The standard InChI is InChI=1S/C21H18BrF3N6O/c22-18-9-6-14(11-17(18)21(23,24)25)31-20(28)30-13-2-1-3-16(10-13)32-15-7-4-12(5-8-15)29-19(26)27/h1-11H,(H4,26,27,29)(H3,28,30,31). The smallest absolute Gasteiger partial charge is 0.417 e. The van der Waals surface area contributed by atoms with E-state index in [2.05, 4.69) is 31.2 Å². The van der Waals surface area contributed by atoms with Gasteiger partial charge in [0, 0.05) is 16.2 Å². The zero-order valence-electron chi connectivity index (χ0n) is 16.4. The van der Waals surface area contributed by atoms with Crippen LogP contribution >= 0.6 is 15.9 Å². The van der Waals surface area contributed by atoms with Crippen LogP contribution in [0.15, 0.2) is 81.2 Å². The van der Waals surface area contributed by atoms with Crippen LogP contribution in [-0.2, 0) is 6.18 Å². The molecule has 7 N–H and O–H groups in total. The second-order valence-electron chi connectivity index (χ2n) is 6.44. The average molecular weight is 507 g/mol. The zero-order chi connectivity index (χ0) is 23.3. The van der Waals surface area contributed by atoms with Crippen LogP contribution in [0.5, 0.6) is 11.5 Å². The molecule has 3 aromatic rings. The van der Waals surface area contributed by atoms with Crippen molar-refractivity contribution in [2.24, 2.45) is 27.2 Å². The monoisotopic (exact) mass is 506 g/mol. The second-order valence-corrected chi connectivity index (χ2v) is 7.30. The number of ether oxygens (including phenoxy) is 1. The van der Waals surface area contributed by atoms with Crippen LogP contribution in [0.3, 0.4) is 0 Å². The maximum absolute atomic E-state index is 13.1. The van der Waals surface area contributed by atoms with Crippen LogP contribution in [0.4, 0.5) is 30.2 Å². The van der Waals surface area contributed by atoms with Crippen molar-refractivity contribution in [1.29, 1.82) is 0 Å². The first-order valence-electron chi connectivity index (χ1n) is 9.06. The minimum atomic E-state index is -4.51. The first kappa shape index (κ1) is 22.9. The van der Waals surface area contributed by atoms with E-state index in [4.69, 9.17) is 21.9 Å². The quantitative estimate of drug-likeness (QED) is 0.278. The van der Waals surface area contributed by atoms with Gasteiger partial charge in [0.25, 0.3) is 0 Å². The van der Waals surface area contributed by atoms with Crippen LogP contribution < -0.4 is 27.3 Å². The molecule has 3 rings (SSSR count). The topological polar surface area (TPSA) is 124 Å². The van der Waals surface area contributed by atoms with Gasteiger partial charge in [0.1, 0.15) is 11.5 Å². The number of guanidine groups is 2. The normalized spacial score (nSPS) is 11.7. The predicted octanol–water partition coefficient (Wildman–Crippen LogP) is 5.22. The Morgan fingerprint density at radius 2 is 1.53 bits per heavy atom. The summed E-state index contributed by atoms with van der Waals surface area (Å²) in [4.78, 5) is 7.93. The number of halogens is 4. The molecule has 0 heterocycles. The summed E-state index contributed by atoms with van der Waals surface area (Å²) in [7, 11) is 0. The molecule has 0 amide bonds. The van der Waals surface area contributed by atoms with Gasteiger partial charge in [-0.1, -0.05) is 22.0 Å². The molecule has 3 aromatic carbocycles. The number of nitrogens with two attached hydrogens (primary N) is 3. The van der Waals surface area contributed by atoms with Crippen molar-refractivity contribution in [2.75, 3.05) is 5.32 Å². The van der Waals surface area contributed by atoms with Crippen molar-refractivity contribution in [3.05, 3.63) is 76.8 Å². The van der Waals surface area contributed by atoms with E-state index in [1.165, 1.54) is 12.1 Å². The fourth-order valence-corrected chi connectivity index (χ4v) is 3.10. The molecule has 0 atom stereocenters. The number of nitrogens with zero attached hydrogens (tertiary/aromatic N) is 2. The summed E-state index contributed by atoms with van der Waals surface area (Å²) in [5.74, 6) is 0.918. The first-order chi connectivity index (χ1) is 15.1. The van der Waals surface area contributed by atoms with Crippen molar-refractivity contribution in [1.82, 2.24) is 0 Å².